The minimum Gasteiger partial charge on any atom is -0.482 e. The smallest absolute Gasteiger partial charge is 0.261 e. The van der Waals surface area contributed by atoms with Crippen molar-refractivity contribution in [2.24, 2.45) is 0 Å². The summed E-state index contributed by atoms with van der Waals surface area (Å²) in [6, 6.07) is 6.15. The molecule has 0 radical (unpaired) electrons. The molecule has 1 aromatic carbocycles. The van der Waals surface area contributed by atoms with Crippen LogP contribution in [0.2, 0.25) is 5.02 Å². The van der Waals surface area contributed by atoms with Crippen LogP contribution in [0.3, 0.4) is 0 Å². The van der Waals surface area contributed by atoms with Crippen molar-refractivity contribution < 1.29 is 17.9 Å². The first-order valence-corrected chi connectivity index (χ1v) is 10.3. The highest BCUT2D eigenvalue weighted by Gasteiger charge is 2.36. The zero-order chi connectivity index (χ0) is 18.6. The Morgan fingerprint density at radius 2 is 2.24 bits per heavy atom. The van der Waals surface area contributed by atoms with E-state index in [0.717, 1.165) is 6.42 Å². The molecule has 6 nitrogen and oxygen atoms in total. The molecule has 1 amide bonds. The van der Waals surface area contributed by atoms with Crippen molar-refractivity contribution in [3.63, 3.8) is 0 Å². The molecular weight excluding hydrogens is 364 g/mol. The number of amides is 1. The minimum absolute atomic E-state index is 0.000697. The molecule has 136 valence electrons. The van der Waals surface area contributed by atoms with Gasteiger partial charge in [-0.2, -0.15) is 5.26 Å². The Labute approximate surface area is 153 Å². The number of halogens is 1. The summed E-state index contributed by atoms with van der Waals surface area (Å²) in [7, 11) is -3.08. The summed E-state index contributed by atoms with van der Waals surface area (Å²) < 4.78 is 29.0. The largest absolute Gasteiger partial charge is 0.482 e. The molecule has 0 saturated carbocycles. The Bertz CT molecular complexity index is 788. The Morgan fingerprint density at radius 1 is 1.52 bits per heavy atom. The number of nitriles is 1. The van der Waals surface area contributed by atoms with E-state index < -0.39 is 9.84 Å². The Kier molecular flexibility index (Phi) is 6.31. The number of rotatable bonds is 6. The molecule has 1 fully saturated rings. The van der Waals surface area contributed by atoms with Crippen LogP contribution in [0.25, 0.3) is 0 Å². The summed E-state index contributed by atoms with van der Waals surface area (Å²) in [5.41, 5.74) is 0.404. The normalized spacial score (nSPS) is 19.8. The molecule has 2 atom stereocenters. The SMILES string of the molecule is CC[C@@H](C)N(C(=O)COc1ccc(C#N)cc1Cl)[C@H]1CCS(=O)(=O)C1. The van der Waals surface area contributed by atoms with E-state index in [9.17, 15) is 13.2 Å². The van der Waals surface area contributed by atoms with Gasteiger partial charge in [0.05, 0.1) is 28.2 Å². The number of hydrogen-bond acceptors (Lipinski definition) is 5. The van der Waals surface area contributed by atoms with Crippen molar-refractivity contribution in [3.05, 3.63) is 28.8 Å². The second-order valence-corrected chi connectivity index (χ2v) is 8.80. The Hall–Kier alpha value is -1.78. The van der Waals surface area contributed by atoms with E-state index in [4.69, 9.17) is 21.6 Å². The molecule has 0 unspecified atom stereocenters. The monoisotopic (exact) mass is 384 g/mol. The maximum Gasteiger partial charge on any atom is 0.261 e. The van der Waals surface area contributed by atoms with Crippen molar-refractivity contribution in [1.29, 1.82) is 5.26 Å². The lowest BCUT2D eigenvalue weighted by Crippen LogP contribution is -2.48. The van der Waals surface area contributed by atoms with Crippen LogP contribution in [0.1, 0.15) is 32.3 Å². The molecule has 0 N–H and O–H groups in total. The minimum atomic E-state index is -3.08. The van der Waals surface area contributed by atoms with Crippen molar-refractivity contribution in [1.82, 2.24) is 4.90 Å². The van der Waals surface area contributed by atoms with Crippen LogP contribution in [-0.2, 0) is 14.6 Å². The molecule has 1 aliphatic rings. The first-order valence-electron chi connectivity index (χ1n) is 8.11. The highest BCUT2D eigenvalue weighted by Crippen LogP contribution is 2.26. The van der Waals surface area contributed by atoms with Crippen LogP contribution in [0.5, 0.6) is 5.75 Å². The highest BCUT2D eigenvalue weighted by molar-refractivity contribution is 7.91. The van der Waals surface area contributed by atoms with Gasteiger partial charge in [0.2, 0.25) is 0 Å². The summed E-state index contributed by atoms with van der Waals surface area (Å²) in [5.74, 6) is 0.162. The summed E-state index contributed by atoms with van der Waals surface area (Å²) in [6.07, 6.45) is 1.18. The number of nitrogens with zero attached hydrogens (tertiary/aromatic N) is 2. The molecule has 0 bridgehead atoms. The summed E-state index contributed by atoms with van der Waals surface area (Å²) in [5, 5.41) is 9.09. The van der Waals surface area contributed by atoms with Crippen LogP contribution in [-0.4, -0.2) is 49.4 Å². The van der Waals surface area contributed by atoms with Gasteiger partial charge in [0.1, 0.15) is 5.75 Å². The van der Waals surface area contributed by atoms with Crippen molar-refractivity contribution in [2.45, 2.75) is 38.8 Å². The van der Waals surface area contributed by atoms with Gasteiger partial charge in [-0.05, 0) is 38.0 Å². The fourth-order valence-corrected chi connectivity index (χ4v) is 4.85. The Morgan fingerprint density at radius 3 is 2.76 bits per heavy atom. The summed E-state index contributed by atoms with van der Waals surface area (Å²) >= 11 is 6.05. The van der Waals surface area contributed by atoms with Gasteiger partial charge in [-0.3, -0.25) is 4.79 Å². The van der Waals surface area contributed by atoms with Crippen molar-refractivity contribution in [3.8, 4) is 11.8 Å². The van der Waals surface area contributed by atoms with Gasteiger partial charge in [0.15, 0.2) is 16.4 Å². The topological polar surface area (TPSA) is 87.5 Å². The second kappa shape index (κ2) is 8.07. The summed E-state index contributed by atoms with van der Waals surface area (Å²) in [6.45, 7) is 3.62. The van der Waals surface area contributed by atoms with Crippen molar-refractivity contribution in [2.75, 3.05) is 18.1 Å². The molecule has 1 aromatic rings. The third-order valence-corrected chi connectivity index (χ3v) is 6.41. The number of hydrogen-bond donors (Lipinski definition) is 0. The lowest BCUT2D eigenvalue weighted by atomic mass is 10.1. The number of benzene rings is 1. The lowest BCUT2D eigenvalue weighted by Gasteiger charge is -2.33. The van der Waals surface area contributed by atoms with Crippen LogP contribution in [0, 0.1) is 11.3 Å². The summed E-state index contributed by atoms with van der Waals surface area (Å²) in [4.78, 5) is 14.3. The predicted octanol–water partition coefficient (Wildman–Crippen LogP) is 2.40. The zero-order valence-corrected chi connectivity index (χ0v) is 15.8. The van der Waals surface area contributed by atoms with E-state index >= 15 is 0 Å². The van der Waals surface area contributed by atoms with Gasteiger partial charge in [-0.15, -0.1) is 0 Å². The molecule has 0 aromatic heterocycles. The molecule has 1 saturated heterocycles. The van der Waals surface area contributed by atoms with Crippen LogP contribution in [0.4, 0.5) is 0 Å². The standard InChI is InChI=1S/C17H21ClN2O4S/c1-3-12(2)20(14-6-7-25(22,23)11-14)17(21)10-24-16-5-4-13(9-19)8-15(16)18/h4-5,8,12,14H,3,6-7,10-11H2,1-2H3/t12-,14+/m1/s1. The van der Waals surface area contributed by atoms with Gasteiger partial charge in [0, 0.05) is 12.1 Å². The zero-order valence-electron chi connectivity index (χ0n) is 14.2. The second-order valence-electron chi connectivity index (χ2n) is 6.16. The van der Waals surface area contributed by atoms with Crippen LogP contribution >= 0.6 is 11.6 Å². The first kappa shape index (κ1) is 19.5. The van der Waals surface area contributed by atoms with E-state index in [1.165, 1.54) is 6.07 Å². The first-order chi connectivity index (χ1) is 11.8. The van der Waals surface area contributed by atoms with E-state index in [1.54, 1.807) is 17.0 Å². The number of carbonyl (C=O) groups is 1. The van der Waals surface area contributed by atoms with Gasteiger partial charge in [-0.25, -0.2) is 8.42 Å². The molecular formula is C17H21ClN2O4S. The highest BCUT2D eigenvalue weighted by atomic mass is 35.5. The molecule has 1 heterocycles. The van der Waals surface area contributed by atoms with Gasteiger partial charge in [-0.1, -0.05) is 18.5 Å². The third-order valence-electron chi connectivity index (χ3n) is 4.37. The lowest BCUT2D eigenvalue weighted by molar-refractivity contribution is -0.137. The van der Waals surface area contributed by atoms with Crippen LogP contribution < -0.4 is 4.74 Å². The number of sulfone groups is 1. The quantitative estimate of drug-likeness (QED) is 0.751. The van der Waals surface area contributed by atoms with Gasteiger partial charge in [0.25, 0.3) is 5.91 Å². The molecule has 2 rings (SSSR count). The van der Waals surface area contributed by atoms with E-state index in [-0.39, 0.29) is 41.1 Å². The van der Waals surface area contributed by atoms with Crippen LogP contribution in [0.15, 0.2) is 18.2 Å². The van der Waals surface area contributed by atoms with Gasteiger partial charge >= 0.3 is 0 Å². The average Bonchev–Trinajstić information content (AvgIpc) is 2.93. The Balaban J connectivity index is 2.09. The van der Waals surface area contributed by atoms with E-state index in [2.05, 4.69) is 0 Å². The number of ether oxygens (including phenoxy) is 1. The fourth-order valence-electron chi connectivity index (χ4n) is 2.90. The fraction of sp³-hybridized carbons (Fsp3) is 0.529. The number of carbonyl (C=O) groups excluding carboxylic acids is 1. The maximum absolute atomic E-state index is 12.7. The van der Waals surface area contributed by atoms with E-state index in [1.807, 2.05) is 19.9 Å². The predicted molar refractivity (Wildman–Crippen MR) is 95.3 cm³/mol. The molecule has 8 heteroatoms. The average molecular weight is 385 g/mol. The molecule has 25 heavy (non-hydrogen) atoms. The molecule has 0 spiro atoms. The van der Waals surface area contributed by atoms with Crippen molar-refractivity contribution >= 4 is 27.3 Å². The molecule has 1 aliphatic heterocycles. The third kappa shape index (κ3) is 4.86. The maximum atomic E-state index is 12.7. The molecule has 0 aliphatic carbocycles. The van der Waals surface area contributed by atoms with E-state index in [0.29, 0.717) is 17.7 Å². The van der Waals surface area contributed by atoms with Gasteiger partial charge < -0.3 is 9.64 Å².